The molecule has 118 valence electrons. The van der Waals surface area contributed by atoms with E-state index in [2.05, 4.69) is 30.7 Å². The molecule has 1 amide bonds. The number of hydrogen-bond acceptors (Lipinski definition) is 5. The molecular weight excluding hydrogens is 294 g/mol. The summed E-state index contributed by atoms with van der Waals surface area (Å²) in [5.74, 6) is 0.376. The van der Waals surface area contributed by atoms with Gasteiger partial charge in [0.1, 0.15) is 11.5 Å². The van der Waals surface area contributed by atoms with E-state index in [1.54, 1.807) is 6.92 Å². The van der Waals surface area contributed by atoms with Crippen molar-refractivity contribution < 1.29 is 4.79 Å². The van der Waals surface area contributed by atoms with Crippen molar-refractivity contribution in [1.29, 1.82) is 0 Å². The van der Waals surface area contributed by atoms with Crippen LogP contribution in [0.4, 0.5) is 5.95 Å². The summed E-state index contributed by atoms with van der Waals surface area (Å²) in [4.78, 5) is 16.4. The number of aromatic amines is 2. The van der Waals surface area contributed by atoms with Crippen LogP contribution in [0.5, 0.6) is 0 Å². The van der Waals surface area contributed by atoms with Gasteiger partial charge in [-0.2, -0.15) is 10.1 Å². The summed E-state index contributed by atoms with van der Waals surface area (Å²) < 4.78 is 0. The molecular formula is C15H17N7O. The van der Waals surface area contributed by atoms with Crippen molar-refractivity contribution in [3.63, 3.8) is 0 Å². The van der Waals surface area contributed by atoms with Gasteiger partial charge in [0.15, 0.2) is 0 Å². The zero-order valence-corrected chi connectivity index (χ0v) is 12.8. The average Bonchev–Trinajstić information content (AvgIpc) is 3.14. The lowest BCUT2D eigenvalue weighted by Crippen LogP contribution is -2.28. The topological polar surface area (TPSA) is 125 Å². The highest BCUT2D eigenvalue weighted by atomic mass is 16.2. The molecule has 2 heterocycles. The van der Waals surface area contributed by atoms with Gasteiger partial charge in [-0.1, -0.05) is 30.3 Å². The Kier molecular flexibility index (Phi) is 3.80. The van der Waals surface area contributed by atoms with Crippen molar-refractivity contribution >= 4 is 11.9 Å². The van der Waals surface area contributed by atoms with Crippen LogP contribution in [0.3, 0.4) is 0 Å². The number of amides is 1. The minimum absolute atomic E-state index is 0.144. The summed E-state index contributed by atoms with van der Waals surface area (Å²) in [6, 6.07) is 9.34. The standard InChI is InChI=1S/C15H17N7O/c1-8-11(10-6-4-3-5-7-10)19-20-12(8)14(23)17-9(2)13-18-15(16)22-21-13/h3-7,9H,1-2H3,(H,17,23)(H,19,20)(H3,16,18,21,22)/t9-/m1/s1. The third-order valence-electron chi connectivity index (χ3n) is 3.56. The number of carbonyl (C=O) groups is 1. The van der Waals surface area contributed by atoms with E-state index < -0.39 is 0 Å². The van der Waals surface area contributed by atoms with Crippen molar-refractivity contribution in [1.82, 2.24) is 30.7 Å². The van der Waals surface area contributed by atoms with Gasteiger partial charge < -0.3 is 11.1 Å². The highest BCUT2D eigenvalue weighted by molar-refractivity contribution is 5.95. The maximum Gasteiger partial charge on any atom is 0.270 e. The van der Waals surface area contributed by atoms with Gasteiger partial charge in [-0.3, -0.25) is 15.0 Å². The van der Waals surface area contributed by atoms with Crippen LogP contribution in [-0.2, 0) is 0 Å². The molecule has 8 nitrogen and oxygen atoms in total. The summed E-state index contributed by atoms with van der Waals surface area (Å²) in [5, 5.41) is 16.3. The molecule has 0 unspecified atom stereocenters. The molecule has 1 atom stereocenters. The number of carbonyl (C=O) groups excluding carboxylic acids is 1. The van der Waals surface area contributed by atoms with Crippen LogP contribution >= 0.6 is 0 Å². The van der Waals surface area contributed by atoms with E-state index in [0.717, 1.165) is 16.8 Å². The first kappa shape index (κ1) is 14.8. The van der Waals surface area contributed by atoms with Crippen molar-refractivity contribution in [3.8, 4) is 11.3 Å². The van der Waals surface area contributed by atoms with E-state index in [9.17, 15) is 4.79 Å². The third kappa shape index (κ3) is 2.91. The molecule has 0 spiro atoms. The van der Waals surface area contributed by atoms with Crippen molar-refractivity contribution in [3.05, 3.63) is 47.4 Å². The van der Waals surface area contributed by atoms with Crippen LogP contribution in [-0.4, -0.2) is 31.3 Å². The van der Waals surface area contributed by atoms with Crippen LogP contribution in [0, 0.1) is 6.92 Å². The molecule has 0 saturated heterocycles. The van der Waals surface area contributed by atoms with Gasteiger partial charge >= 0.3 is 0 Å². The van der Waals surface area contributed by atoms with Crippen molar-refractivity contribution in [2.45, 2.75) is 19.9 Å². The van der Waals surface area contributed by atoms with Gasteiger partial charge in [-0.25, -0.2) is 0 Å². The Morgan fingerprint density at radius 1 is 1.22 bits per heavy atom. The van der Waals surface area contributed by atoms with Crippen molar-refractivity contribution in [2.75, 3.05) is 5.73 Å². The highest BCUT2D eigenvalue weighted by Crippen LogP contribution is 2.23. The lowest BCUT2D eigenvalue weighted by Gasteiger charge is -2.10. The molecule has 0 saturated carbocycles. The first-order valence-electron chi connectivity index (χ1n) is 7.15. The number of benzene rings is 1. The molecule has 3 aromatic rings. The molecule has 0 bridgehead atoms. The zero-order chi connectivity index (χ0) is 16.4. The fourth-order valence-corrected chi connectivity index (χ4v) is 2.31. The molecule has 3 rings (SSSR count). The Labute approximate surface area is 132 Å². The lowest BCUT2D eigenvalue weighted by molar-refractivity contribution is 0.0932. The van der Waals surface area contributed by atoms with Gasteiger partial charge in [0.2, 0.25) is 5.95 Å². The van der Waals surface area contributed by atoms with E-state index in [0.29, 0.717) is 11.5 Å². The molecule has 2 aromatic heterocycles. The van der Waals surface area contributed by atoms with Gasteiger partial charge in [0.05, 0.1) is 11.7 Å². The summed E-state index contributed by atoms with van der Waals surface area (Å²) in [5.41, 5.74) is 8.39. The number of nitrogen functional groups attached to an aromatic ring is 1. The van der Waals surface area contributed by atoms with E-state index in [4.69, 9.17) is 5.73 Å². The fourth-order valence-electron chi connectivity index (χ4n) is 2.31. The lowest BCUT2D eigenvalue weighted by atomic mass is 10.1. The number of hydrogen-bond donors (Lipinski definition) is 4. The number of nitrogens with zero attached hydrogens (tertiary/aromatic N) is 3. The Morgan fingerprint density at radius 3 is 2.61 bits per heavy atom. The quantitative estimate of drug-likeness (QED) is 0.582. The molecule has 0 radical (unpaired) electrons. The molecule has 0 aliphatic carbocycles. The summed E-state index contributed by atoms with van der Waals surface area (Å²) in [7, 11) is 0. The predicted octanol–water partition coefficient (Wildman–Crippen LogP) is 1.58. The second-order valence-corrected chi connectivity index (χ2v) is 5.21. The number of nitrogens with two attached hydrogens (primary N) is 1. The predicted molar refractivity (Wildman–Crippen MR) is 85.4 cm³/mol. The fraction of sp³-hybridized carbons (Fsp3) is 0.200. The number of anilines is 1. The van der Waals surface area contributed by atoms with Crippen LogP contribution in [0.15, 0.2) is 30.3 Å². The Hall–Kier alpha value is -3.16. The van der Waals surface area contributed by atoms with Crippen LogP contribution < -0.4 is 11.1 Å². The maximum atomic E-state index is 12.4. The van der Waals surface area contributed by atoms with Crippen LogP contribution in [0.25, 0.3) is 11.3 Å². The Morgan fingerprint density at radius 2 is 1.96 bits per heavy atom. The second kappa shape index (κ2) is 5.91. The van der Waals surface area contributed by atoms with E-state index in [-0.39, 0.29) is 17.9 Å². The molecule has 1 aromatic carbocycles. The van der Waals surface area contributed by atoms with E-state index in [1.807, 2.05) is 37.3 Å². The summed E-state index contributed by atoms with van der Waals surface area (Å²) in [6.07, 6.45) is 0. The van der Waals surface area contributed by atoms with E-state index in [1.165, 1.54) is 0 Å². The summed E-state index contributed by atoms with van der Waals surface area (Å²) in [6.45, 7) is 3.65. The Bertz CT molecular complexity index is 821. The molecule has 23 heavy (non-hydrogen) atoms. The number of nitrogens with one attached hydrogen (secondary N) is 3. The monoisotopic (exact) mass is 311 g/mol. The van der Waals surface area contributed by atoms with Gasteiger partial charge in [0, 0.05) is 11.1 Å². The first-order valence-corrected chi connectivity index (χ1v) is 7.15. The number of H-pyrrole nitrogens is 2. The van der Waals surface area contributed by atoms with Crippen molar-refractivity contribution in [2.24, 2.45) is 0 Å². The molecule has 0 fully saturated rings. The van der Waals surface area contributed by atoms with Crippen LogP contribution in [0.1, 0.15) is 34.8 Å². The number of rotatable bonds is 4. The van der Waals surface area contributed by atoms with Gasteiger partial charge in [0.25, 0.3) is 5.91 Å². The largest absolute Gasteiger partial charge is 0.367 e. The molecule has 8 heteroatoms. The molecule has 0 aliphatic rings. The minimum atomic E-state index is -0.352. The summed E-state index contributed by atoms with van der Waals surface area (Å²) >= 11 is 0. The first-order chi connectivity index (χ1) is 11.1. The normalized spacial score (nSPS) is 12.1. The zero-order valence-electron chi connectivity index (χ0n) is 12.8. The second-order valence-electron chi connectivity index (χ2n) is 5.21. The molecule has 0 aliphatic heterocycles. The average molecular weight is 311 g/mol. The van der Waals surface area contributed by atoms with Crippen LogP contribution in [0.2, 0.25) is 0 Å². The SMILES string of the molecule is Cc1c(-c2ccccc2)n[nH]c1C(=O)N[C@H](C)c1nc(N)n[nH]1. The van der Waals surface area contributed by atoms with Gasteiger partial charge in [-0.15, -0.1) is 5.10 Å². The number of aromatic nitrogens is 5. The molecule has 5 N–H and O–H groups in total. The smallest absolute Gasteiger partial charge is 0.270 e. The minimum Gasteiger partial charge on any atom is -0.367 e. The van der Waals surface area contributed by atoms with Gasteiger partial charge in [-0.05, 0) is 13.8 Å². The maximum absolute atomic E-state index is 12.4. The highest BCUT2D eigenvalue weighted by Gasteiger charge is 2.20. The van der Waals surface area contributed by atoms with E-state index >= 15 is 0 Å². The Balaban J connectivity index is 1.79. The third-order valence-corrected chi connectivity index (χ3v) is 3.56.